The molecule has 1 unspecified atom stereocenters. The first-order valence-corrected chi connectivity index (χ1v) is 8.03. The molecule has 110 valence electrons. The Balaban J connectivity index is 1.95. The topological polar surface area (TPSA) is 28.7 Å². The standard InChI is InChI=1S/C18H22N2S/c1-18(2,3)15-11-16(21)20-17(19-15)14-9-8-12-6-4-5-7-13(12)10-14/h4-7,11,14H,8-10H2,1-3H3,(H,19,20,21). The van der Waals surface area contributed by atoms with Crippen LogP contribution in [0.15, 0.2) is 30.3 Å². The van der Waals surface area contributed by atoms with Crippen LogP contribution in [0.4, 0.5) is 0 Å². The summed E-state index contributed by atoms with van der Waals surface area (Å²) in [7, 11) is 0. The molecule has 0 saturated carbocycles. The minimum Gasteiger partial charge on any atom is -0.346 e. The summed E-state index contributed by atoms with van der Waals surface area (Å²) < 4.78 is 0.701. The molecule has 0 saturated heterocycles. The molecule has 0 spiro atoms. The second-order valence-corrected chi connectivity index (χ2v) is 7.40. The Labute approximate surface area is 131 Å². The van der Waals surface area contributed by atoms with Crippen molar-refractivity contribution in [1.82, 2.24) is 9.97 Å². The van der Waals surface area contributed by atoms with Gasteiger partial charge in [-0.05, 0) is 36.5 Å². The van der Waals surface area contributed by atoms with Crippen molar-refractivity contribution in [1.29, 1.82) is 0 Å². The van der Waals surface area contributed by atoms with E-state index in [0.717, 1.165) is 25.1 Å². The van der Waals surface area contributed by atoms with E-state index in [1.54, 1.807) is 0 Å². The van der Waals surface area contributed by atoms with Gasteiger partial charge in [-0.25, -0.2) is 4.98 Å². The van der Waals surface area contributed by atoms with E-state index in [1.165, 1.54) is 16.8 Å². The molecule has 21 heavy (non-hydrogen) atoms. The van der Waals surface area contributed by atoms with Gasteiger partial charge in [0, 0.05) is 17.0 Å². The van der Waals surface area contributed by atoms with Gasteiger partial charge >= 0.3 is 0 Å². The minimum atomic E-state index is 0.0673. The van der Waals surface area contributed by atoms with E-state index < -0.39 is 0 Å². The van der Waals surface area contributed by atoms with Gasteiger partial charge in [0.15, 0.2) is 0 Å². The molecule has 0 fully saturated rings. The van der Waals surface area contributed by atoms with Crippen molar-refractivity contribution in [2.45, 2.75) is 51.4 Å². The fraction of sp³-hybridized carbons (Fsp3) is 0.444. The van der Waals surface area contributed by atoms with Crippen molar-refractivity contribution < 1.29 is 0 Å². The van der Waals surface area contributed by atoms with Crippen molar-refractivity contribution in [3.63, 3.8) is 0 Å². The van der Waals surface area contributed by atoms with Gasteiger partial charge in [0.2, 0.25) is 0 Å². The first-order chi connectivity index (χ1) is 9.93. The van der Waals surface area contributed by atoms with Crippen LogP contribution in [-0.2, 0) is 18.3 Å². The average molecular weight is 298 g/mol. The third-order valence-corrected chi connectivity index (χ3v) is 4.51. The summed E-state index contributed by atoms with van der Waals surface area (Å²) in [6.07, 6.45) is 3.33. The van der Waals surface area contributed by atoms with Crippen molar-refractivity contribution in [2.24, 2.45) is 0 Å². The largest absolute Gasteiger partial charge is 0.346 e. The van der Waals surface area contributed by atoms with Gasteiger partial charge in [-0.15, -0.1) is 0 Å². The highest BCUT2D eigenvalue weighted by Gasteiger charge is 2.23. The molecule has 3 heteroatoms. The lowest BCUT2D eigenvalue weighted by Gasteiger charge is -2.26. The number of benzene rings is 1. The molecule has 1 atom stereocenters. The maximum absolute atomic E-state index is 5.37. The van der Waals surface area contributed by atoms with E-state index in [-0.39, 0.29) is 5.41 Å². The molecule has 1 aromatic carbocycles. The lowest BCUT2D eigenvalue weighted by atomic mass is 9.83. The fourth-order valence-electron chi connectivity index (χ4n) is 3.01. The molecule has 1 aliphatic carbocycles. The fourth-order valence-corrected chi connectivity index (χ4v) is 3.22. The zero-order chi connectivity index (χ0) is 15.0. The summed E-state index contributed by atoms with van der Waals surface area (Å²) in [6, 6.07) is 10.7. The zero-order valence-electron chi connectivity index (χ0n) is 12.9. The van der Waals surface area contributed by atoms with Crippen LogP contribution in [0.5, 0.6) is 0 Å². The van der Waals surface area contributed by atoms with Crippen molar-refractivity contribution in [3.8, 4) is 0 Å². The van der Waals surface area contributed by atoms with Crippen molar-refractivity contribution in [2.75, 3.05) is 0 Å². The van der Waals surface area contributed by atoms with Gasteiger partial charge in [-0.2, -0.15) is 0 Å². The van der Waals surface area contributed by atoms with E-state index in [0.29, 0.717) is 10.6 Å². The second kappa shape index (κ2) is 5.38. The van der Waals surface area contributed by atoms with Crippen LogP contribution in [0, 0.1) is 4.64 Å². The first kappa shape index (κ1) is 14.5. The molecule has 1 aliphatic rings. The third-order valence-electron chi connectivity index (χ3n) is 4.30. The predicted octanol–water partition coefficient (Wildman–Crippen LogP) is 4.71. The molecule has 0 amide bonds. The number of nitrogens with one attached hydrogen (secondary N) is 1. The molecule has 2 aromatic rings. The van der Waals surface area contributed by atoms with Gasteiger partial charge < -0.3 is 4.98 Å². The van der Waals surface area contributed by atoms with Gasteiger partial charge in [-0.3, -0.25) is 0 Å². The summed E-state index contributed by atoms with van der Waals surface area (Å²) in [5.41, 5.74) is 4.18. The zero-order valence-corrected chi connectivity index (χ0v) is 13.8. The predicted molar refractivity (Wildman–Crippen MR) is 89.3 cm³/mol. The number of aromatic amines is 1. The first-order valence-electron chi connectivity index (χ1n) is 7.62. The van der Waals surface area contributed by atoms with Gasteiger partial charge in [-0.1, -0.05) is 57.3 Å². The van der Waals surface area contributed by atoms with Crippen LogP contribution in [0.25, 0.3) is 0 Å². The number of H-pyrrole nitrogens is 1. The summed E-state index contributed by atoms with van der Waals surface area (Å²) in [5.74, 6) is 1.51. The number of rotatable bonds is 1. The molecule has 0 aliphatic heterocycles. The maximum Gasteiger partial charge on any atom is 0.130 e. The minimum absolute atomic E-state index is 0.0673. The average Bonchev–Trinajstić information content (AvgIpc) is 2.45. The highest BCUT2D eigenvalue weighted by molar-refractivity contribution is 7.71. The van der Waals surface area contributed by atoms with E-state index in [4.69, 9.17) is 12.2 Å². The molecule has 1 N–H and O–H groups in total. The van der Waals surface area contributed by atoms with Crippen LogP contribution in [0.2, 0.25) is 0 Å². The van der Waals surface area contributed by atoms with Crippen LogP contribution in [0.1, 0.15) is 55.8 Å². The molecule has 0 radical (unpaired) electrons. The van der Waals surface area contributed by atoms with Crippen LogP contribution >= 0.6 is 12.2 Å². The number of aromatic nitrogens is 2. The monoisotopic (exact) mass is 298 g/mol. The van der Waals surface area contributed by atoms with Crippen LogP contribution in [-0.4, -0.2) is 9.97 Å². The van der Waals surface area contributed by atoms with Crippen molar-refractivity contribution >= 4 is 12.2 Å². The van der Waals surface area contributed by atoms with E-state index >= 15 is 0 Å². The van der Waals surface area contributed by atoms with Gasteiger partial charge in [0.25, 0.3) is 0 Å². The van der Waals surface area contributed by atoms with Crippen molar-refractivity contribution in [3.05, 3.63) is 57.6 Å². The SMILES string of the molecule is CC(C)(C)c1cc(=S)nc(C2CCc3ccccc3C2)[nH]1. The Morgan fingerprint density at radius 2 is 1.90 bits per heavy atom. The lowest BCUT2D eigenvalue weighted by Crippen LogP contribution is -2.19. The second-order valence-electron chi connectivity index (χ2n) is 6.98. The normalized spacial score (nSPS) is 18.3. The summed E-state index contributed by atoms with van der Waals surface area (Å²) >= 11 is 5.37. The number of aryl methyl sites for hydroxylation is 1. The highest BCUT2D eigenvalue weighted by atomic mass is 32.1. The van der Waals surface area contributed by atoms with Gasteiger partial charge in [0.1, 0.15) is 10.5 Å². The molecule has 1 aromatic heterocycles. The van der Waals surface area contributed by atoms with Crippen LogP contribution < -0.4 is 0 Å². The number of hydrogen-bond donors (Lipinski definition) is 1. The Kier molecular flexibility index (Phi) is 3.70. The lowest BCUT2D eigenvalue weighted by molar-refractivity contribution is 0.524. The molecular weight excluding hydrogens is 276 g/mol. The molecule has 1 heterocycles. The van der Waals surface area contributed by atoms with Crippen LogP contribution in [0.3, 0.4) is 0 Å². The Bertz CT molecular complexity index is 710. The van der Waals surface area contributed by atoms with Gasteiger partial charge in [0.05, 0.1) is 0 Å². The summed E-state index contributed by atoms with van der Waals surface area (Å²) in [4.78, 5) is 8.15. The molecule has 3 rings (SSSR count). The quantitative estimate of drug-likeness (QED) is 0.772. The van der Waals surface area contributed by atoms with E-state index in [1.807, 2.05) is 6.07 Å². The maximum atomic E-state index is 5.37. The smallest absolute Gasteiger partial charge is 0.130 e. The van der Waals surface area contributed by atoms with E-state index in [9.17, 15) is 0 Å². The molecular formula is C18H22N2S. The third kappa shape index (κ3) is 3.08. The highest BCUT2D eigenvalue weighted by Crippen LogP contribution is 2.32. The Morgan fingerprint density at radius 1 is 1.19 bits per heavy atom. The number of hydrogen-bond acceptors (Lipinski definition) is 2. The Hall–Kier alpha value is -1.48. The number of fused-ring (bicyclic) bond motifs is 1. The Morgan fingerprint density at radius 3 is 2.62 bits per heavy atom. The molecule has 0 bridgehead atoms. The van der Waals surface area contributed by atoms with E-state index in [2.05, 4.69) is 55.0 Å². The summed E-state index contributed by atoms with van der Waals surface area (Å²) in [5, 5.41) is 0. The summed E-state index contributed by atoms with van der Waals surface area (Å²) in [6.45, 7) is 6.61. The molecule has 2 nitrogen and oxygen atoms in total. The number of nitrogens with zero attached hydrogens (tertiary/aromatic N) is 1.